The van der Waals surface area contributed by atoms with Crippen LogP contribution in [0.5, 0.6) is 5.75 Å². The third-order valence-corrected chi connectivity index (χ3v) is 3.18. The first-order valence-electron chi connectivity index (χ1n) is 6.77. The number of aromatic carboxylic acids is 1. The zero-order valence-corrected chi connectivity index (χ0v) is 11.7. The van der Waals surface area contributed by atoms with Gasteiger partial charge in [0.05, 0.1) is 17.4 Å². The Kier molecular flexibility index (Phi) is 3.87. The maximum atomic E-state index is 10.8. The molecule has 1 heterocycles. The Balaban J connectivity index is 1.68. The van der Waals surface area contributed by atoms with Crippen molar-refractivity contribution in [1.82, 2.24) is 9.78 Å². The van der Waals surface area contributed by atoms with Crippen molar-refractivity contribution < 1.29 is 14.6 Å². The van der Waals surface area contributed by atoms with Crippen LogP contribution in [0.4, 0.5) is 0 Å². The maximum absolute atomic E-state index is 10.8. The van der Waals surface area contributed by atoms with E-state index in [4.69, 9.17) is 9.84 Å². The lowest BCUT2D eigenvalue weighted by atomic mass is 10.2. The second-order valence-corrected chi connectivity index (χ2v) is 4.75. The second-order valence-electron chi connectivity index (χ2n) is 4.75. The molecule has 0 aliphatic heterocycles. The molecule has 1 aromatic heterocycles. The molecule has 3 aromatic rings. The highest BCUT2D eigenvalue weighted by Crippen LogP contribution is 2.16. The number of carboxylic acid groups (broad SMARTS) is 1. The highest BCUT2D eigenvalue weighted by molar-refractivity contribution is 5.86. The third kappa shape index (κ3) is 3.15. The average Bonchev–Trinajstić information content (AvgIpc) is 3.05. The summed E-state index contributed by atoms with van der Waals surface area (Å²) in [5, 5.41) is 12.9. The molecule has 0 saturated carbocycles. The molecule has 1 N–H and O–H groups in total. The molecule has 2 aromatic carbocycles. The average molecular weight is 294 g/mol. The summed E-state index contributed by atoms with van der Waals surface area (Å²) in [4.78, 5) is 10.8. The zero-order chi connectivity index (χ0) is 15.4. The Morgan fingerprint density at radius 3 is 2.45 bits per heavy atom. The zero-order valence-electron chi connectivity index (χ0n) is 11.7. The van der Waals surface area contributed by atoms with Crippen molar-refractivity contribution in [3.63, 3.8) is 0 Å². The van der Waals surface area contributed by atoms with Crippen LogP contribution in [0.1, 0.15) is 15.9 Å². The molecule has 0 saturated heterocycles. The van der Waals surface area contributed by atoms with Crippen molar-refractivity contribution in [3.05, 3.63) is 78.1 Å². The van der Waals surface area contributed by atoms with Gasteiger partial charge in [-0.2, -0.15) is 5.10 Å². The van der Waals surface area contributed by atoms with Gasteiger partial charge in [-0.05, 0) is 29.8 Å². The van der Waals surface area contributed by atoms with Crippen LogP contribution in [0.25, 0.3) is 5.69 Å². The van der Waals surface area contributed by atoms with Crippen LogP contribution in [-0.2, 0) is 6.61 Å². The molecule has 0 bridgehead atoms. The lowest BCUT2D eigenvalue weighted by molar-refractivity contribution is 0.0697. The number of rotatable bonds is 5. The summed E-state index contributed by atoms with van der Waals surface area (Å²) >= 11 is 0. The van der Waals surface area contributed by atoms with E-state index in [0.29, 0.717) is 6.61 Å². The van der Waals surface area contributed by atoms with Crippen LogP contribution >= 0.6 is 0 Å². The molecular weight excluding hydrogens is 280 g/mol. The van der Waals surface area contributed by atoms with E-state index in [1.54, 1.807) is 0 Å². The number of nitrogens with zero attached hydrogens (tertiary/aromatic N) is 2. The molecule has 0 radical (unpaired) electrons. The first-order valence-corrected chi connectivity index (χ1v) is 6.77. The molecule has 0 aliphatic carbocycles. The summed E-state index contributed by atoms with van der Waals surface area (Å²) in [6, 6.07) is 17.3. The van der Waals surface area contributed by atoms with Gasteiger partial charge in [0, 0.05) is 6.20 Å². The van der Waals surface area contributed by atoms with Crippen LogP contribution < -0.4 is 4.74 Å². The summed E-state index contributed by atoms with van der Waals surface area (Å²) < 4.78 is 7.22. The molecule has 3 rings (SSSR count). The number of carbonyl (C=O) groups is 1. The maximum Gasteiger partial charge on any atom is 0.338 e. The van der Waals surface area contributed by atoms with Gasteiger partial charge in [-0.25, -0.2) is 9.48 Å². The molecule has 110 valence electrons. The van der Waals surface area contributed by atoms with Gasteiger partial charge < -0.3 is 9.84 Å². The Labute approximate surface area is 127 Å². The van der Waals surface area contributed by atoms with Crippen molar-refractivity contribution in [3.8, 4) is 11.4 Å². The van der Waals surface area contributed by atoms with Crippen molar-refractivity contribution in [1.29, 1.82) is 0 Å². The molecule has 0 aliphatic rings. The van der Waals surface area contributed by atoms with E-state index in [1.165, 1.54) is 17.1 Å². The van der Waals surface area contributed by atoms with Gasteiger partial charge in [0.2, 0.25) is 0 Å². The standard InChI is InChI=1S/C17H14N2O3/c20-17(21)14-10-18-19(11-14)15-6-8-16(9-7-15)22-12-13-4-2-1-3-5-13/h1-11H,12H2,(H,20,21). The quantitative estimate of drug-likeness (QED) is 0.785. The molecular formula is C17H14N2O3. The van der Waals surface area contributed by atoms with Crippen molar-refractivity contribution in [2.75, 3.05) is 0 Å². The van der Waals surface area contributed by atoms with E-state index in [-0.39, 0.29) is 5.56 Å². The van der Waals surface area contributed by atoms with Crippen molar-refractivity contribution in [2.45, 2.75) is 6.61 Å². The fourth-order valence-corrected chi connectivity index (χ4v) is 2.01. The van der Waals surface area contributed by atoms with Gasteiger partial charge in [-0.3, -0.25) is 0 Å². The second kappa shape index (κ2) is 6.13. The van der Waals surface area contributed by atoms with E-state index < -0.39 is 5.97 Å². The monoisotopic (exact) mass is 294 g/mol. The third-order valence-electron chi connectivity index (χ3n) is 3.18. The van der Waals surface area contributed by atoms with Crippen LogP contribution in [-0.4, -0.2) is 20.9 Å². The predicted molar refractivity (Wildman–Crippen MR) is 81.3 cm³/mol. The number of hydrogen-bond acceptors (Lipinski definition) is 3. The van der Waals surface area contributed by atoms with Gasteiger partial charge in [-0.1, -0.05) is 30.3 Å². The van der Waals surface area contributed by atoms with E-state index in [1.807, 2.05) is 54.6 Å². The fraction of sp³-hybridized carbons (Fsp3) is 0.0588. The Morgan fingerprint density at radius 1 is 1.09 bits per heavy atom. The number of carboxylic acids is 1. The lowest BCUT2D eigenvalue weighted by Gasteiger charge is -2.07. The van der Waals surface area contributed by atoms with Gasteiger partial charge >= 0.3 is 5.97 Å². The molecule has 22 heavy (non-hydrogen) atoms. The molecule has 0 amide bonds. The number of aromatic nitrogens is 2. The normalized spacial score (nSPS) is 10.4. The van der Waals surface area contributed by atoms with Crippen LogP contribution in [0, 0.1) is 0 Å². The largest absolute Gasteiger partial charge is 0.489 e. The van der Waals surface area contributed by atoms with Crippen molar-refractivity contribution in [2.24, 2.45) is 0 Å². The predicted octanol–water partition coefficient (Wildman–Crippen LogP) is 3.15. The Morgan fingerprint density at radius 2 is 1.82 bits per heavy atom. The first-order chi connectivity index (χ1) is 10.7. The molecule has 5 nitrogen and oxygen atoms in total. The summed E-state index contributed by atoms with van der Waals surface area (Å²) in [7, 11) is 0. The highest BCUT2D eigenvalue weighted by Gasteiger charge is 2.07. The van der Waals surface area contributed by atoms with Gasteiger partial charge in [0.25, 0.3) is 0 Å². The smallest absolute Gasteiger partial charge is 0.338 e. The Bertz CT molecular complexity index is 764. The van der Waals surface area contributed by atoms with E-state index in [0.717, 1.165) is 17.0 Å². The van der Waals surface area contributed by atoms with E-state index in [2.05, 4.69) is 5.10 Å². The summed E-state index contributed by atoms with van der Waals surface area (Å²) in [6.07, 6.45) is 2.80. The minimum absolute atomic E-state index is 0.157. The highest BCUT2D eigenvalue weighted by atomic mass is 16.5. The SMILES string of the molecule is O=C(O)c1cnn(-c2ccc(OCc3ccccc3)cc2)c1. The molecule has 0 fully saturated rings. The number of benzene rings is 2. The van der Waals surface area contributed by atoms with Gasteiger partial charge in [0.15, 0.2) is 0 Å². The first kappa shape index (κ1) is 13.9. The summed E-state index contributed by atoms with van der Waals surface area (Å²) in [5.41, 5.74) is 2.04. The van der Waals surface area contributed by atoms with Crippen LogP contribution in [0.15, 0.2) is 67.0 Å². The van der Waals surface area contributed by atoms with Gasteiger partial charge in [0.1, 0.15) is 12.4 Å². The van der Waals surface area contributed by atoms with Gasteiger partial charge in [-0.15, -0.1) is 0 Å². The minimum Gasteiger partial charge on any atom is -0.489 e. The van der Waals surface area contributed by atoms with Crippen LogP contribution in [0.2, 0.25) is 0 Å². The summed E-state index contributed by atoms with van der Waals surface area (Å²) in [6.45, 7) is 0.505. The topological polar surface area (TPSA) is 64.3 Å². The van der Waals surface area contributed by atoms with E-state index >= 15 is 0 Å². The van der Waals surface area contributed by atoms with Crippen molar-refractivity contribution >= 4 is 5.97 Å². The van der Waals surface area contributed by atoms with E-state index in [9.17, 15) is 4.79 Å². The summed E-state index contributed by atoms with van der Waals surface area (Å²) in [5.74, 6) is -0.243. The van der Waals surface area contributed by atoms with Crippen LogP contribution in [0.3, 0.4) is 0 Å². The lowest BCUT2D eigenvalue weighted by Crippen LogP contribution is -1.97. The molecule has 5 heteroatoms. The number of hydrogen-bond donors (Lipinski definition) is 1. The minimum atomic E-state index is -0.992. The molecule has 0 spiro atoms. The molecule has 0 atom stereocenters. The molecule has 0 unspecified atom stereocenters. The Hall–Kier alpha value is -3.08. The number of ether oxygens (including phenoxy) is 1. The fourth-order valence-electron chi connectivity index (χ4n) is 2.01.